The highest BCUT2D eigenvalue weighted by molar-refractivity contribution is 5.40. The van der Waals surface area contributed by atoms with E-state index in [0.29, 0.717) is 6.04 Å². The van der Waals surface area contributed by atoms with Crippen LogP contribution in [-0.4, -0.2) is 24.1 Å². The summed E-state index contributed by atoms with van der Waals surface area (Å²) in [5, 5.41) is 3.38. The number of pyridine rings is 1. The molecule has 0 fully saturated rings. The molecular formula is C14H25N3. The monoisotopic (exact) mass is 235 g/mol. The van der Waals surface area contributed by atoms with Crippen molar-refractivity contribution in [1.82, 2.24) is 10.3 Å². The average molecular weight is 235 g/mol. The van der Waals surface area contributed by atoms with Gasteiger partial charge in [0.05, 0.1) is 0 Å². The fourth-order valence-corrected chi connectivity index (χ4v) is 1.89. The molecule has 3 heteroatoms. The van der Waals surface area contributed by atoms with Gasteiger partial charge >= 0.3 is 0 Å². The van der Waals surface area contributed by atoms with E-state index < -0.39 is 0 Å². The van der Waals surface area contributed by atoms with E-state index in [2.05, 4.69) is 55.0 Å². The smallest absolute Gasteiger partial charge is 0.128 e. The maximum Gasteiger partial charge on any atom is 0.128 e. The molecular weight excluding hydrogens is 210 g/mol. The topological polar surface area (TPSA) is 28.2 Å². The van der Waals surface area contributed by atoms with E-state index in [-0.39, 0.29) is 0 Å². The van der Waals surface area contributed by atoms with Gasteiger partial charge in [-0.3, -0.25) is 0 Å². The fraction of sp³-hybridized carbons (Fsp3) is 0.643. The zero-order chi connectivity index (χ0) is 12.7. The van der Waals surface area contributed by atoms with Gasteiger partial charge in [0.2, 0.25) is 0 Å². The summed E-state index contributed by atoms with van der Waals surface area (Å²) in [5.41, 5.74) is 1.25. The summed E-state index contributed by atoms with van der Waals surface area (Å²) in [6.07, 6.45) is 3.14. The summed E-state index contributed by atoms with van der Waals surface area (Å²) in [6, 6.07) is 4.78. The summed E-state index contributed by atoms with van der Waals surface area (Å²) in [7, 11) is 0. The van der Waals surface area contributed by atoms with Crippen LogP contribution in [0.25, 0.3) is 0 Å². The molecule has 0 saturated carbocycles. The lowest BCUT2D eigenvalue weighted by molar-refractivity contribution is 0.670. The summed E-state index contributed by atoms with van der Waals surface area (Å²) in [6.45, 7) is 11.7. The van der Waals surface area contributed by atoms with Gasteiger partial charge in [0.25, 0.3) is 0 Å². The van der Waals surface area contributed by atoms with Crippen LogP contribution in [-0.2, 0) is 6.54 Å². The van der Waals surface area contributed by atoms with Crippen LogP contribution in [0.1, 0.15) is 39.7 Å². The first-order chi connectivity index (χ1) is 8.19. The minimum absolute atomic E-state index is 0.497. The van der Waals surface area contributed by atoms with Gasteiger partial charge in [-0.25, -0.2) is 4.98 Å². The Morgan fingerprint density at radius 3 is 2.53 bits per heavy atom. The third-order valence-corrected chi connectivity index (χ3v) is 2.82. The number of rotatable bonds is 7. The van der Waals surface area contributed by atoms with Crippen molar-refractivity contribution in [2.75, 3.05) is 18.0 Å². The molecule has 1 aromatic heterocycles. The lowest BCUT2D eigenvalue weighted by Crippen LogP contribution is -2.31. The van der Waals surface area contributed by atoms with Crippen LogP contribution in [0.2, 0.25) is 0 Å². The van der Waals surface area contributed by atoms with Crippen molar-refractivity contribution in [3.63, 3.8) is 0 Å². The van der Waals surface area contributed by atoms with Crippen LogP contribution in [0.5, 0.6) is 0 Å². The van der Waals surface area contributed by atoms with Gasteiger partial charge in [-0.2, -0.15) is 0 Å². The first-order valence-corrected chi connectivity index (χ1v) is 6.61. The van der Waals surface area contributed by atoms with Crippen LogP contribution >= 0.6 is 0 Å². The Morgan fingerprint density at radius 2 is 2.06 bits per heavy atom. The van der Waals surface area contributed by atoms with Crippen molar-refractivity contribution < 1.29 is 0 Å². The van der Waals surface area contributed by atoms with Gasteiger partial charge in [-0.15, -0.1) is 0 Å². The number of anilines is 1. The van der Waals surface area contributed by atoms with Gasteiger partial charge in [-0.05, 0) is 45.4 Å². The lowest BCUT2D eigenvalue weighted by Gasteiger charge is -2.26. The third kappa shape index (κ3) is 4.35. The van der Waals surface area contributed by atoms with E-state index >= 15 is 0 Å². The Labute approximate surface area is 105 Å². The first-order valence-electron chi connectivity index (χ1n) is 6.61. The number of hydrogen-bond acceptors (Lipinski definition) is 3. The first kappa shape index (κ1) is 14.0. The Balaban J connectivity index is 2.60. The molecule has 96 valence electrons. The Hall–Kier alpha value is -1.09. The molecule has 0 amide bonds. The fourth-order valence-electron chi connectivity index (χ4n) is 1.89. The summed E-state index contributed by atoms with van der Waals surface area (Å²) < 4.78 is 0. The van der Waals surface area contributed by atoms with E-state index in [0.717, 1.165) is 25.5 Å². The largest absolute Gasteiger partial charge is 0.354 e. The predicted octanol–water partition coefficient (Wildman–Crippen LogP) is 2.82. The Kier molecular flexibility index (Phi) is 5.98. The minimum Gasteiger partial charge on any atom is -0.354 e. The van der Waals surface area contributed by atoms with Crippen molar-refractivity contribution in [2.45, 2.75) is 46.7 Å². The molecule has 0 radical (unpaired) electrons. The van der Waals surface area contributed by atoms with Crippen LogP contribution in [0.15, 0.2) is 18.3 Å². The van der Waals surface area contributed by atoms with E-state index in [9.17, 15) is 0 Å². The van der Waals surface area contributed by atoms with Gasteiger partial charge in [0.1, 0.15) is 5.82 Å². The molecule has 1 N–H and O–H groups in total. The number of aromatic nitrogens is 1. The highest BCUT2D eigenvalue weighted by Crippen LogP contribution is 2.13. The third-order valence-electron chi connectivity index (χ3n) is 2.82. The molecule has 3 nitrogen and oxygen atoms in total. The van der Waals surface area contributed by atoms with Crippen LogP contribution in [0.3, 0.4) is 0 Å². The standard InChI is InChI=1S/C14H25N3/c1-5-9-15-10-13-7-8-14(16-11-13)17(6-2)12(3)4/h7-8,11-12,15H,5-6,9-10H2,1-4H3. The highest BCUT2D eigenvalue weighted by atomic mass is 15.2. The molecule has 0 aliphatic carbocycles. The molecule has 1 aromatic rings. The molecule has 0 aromatic carbocycles. The summed E-state index contributed by atoms with van der Waals surface area (Å²) in [4.78, 5) is 6.83. The second kappa shape index (κ2) is 7.28. The lowest BCUT2D eigenvalue weighted by atomic mass is 10.2. The molecule has 0 unspecified atom stereocenters. The van der Waals surface area contributed by atoms with Crippen molar-refractivity contribution >= 4 is 5.82 Å². The normalized spacial score (nSPS) is 10.9. The molecule has 17 heavy (non-hydrogen) atoms. The number of nitrogens with one attached hydrogen (secondary N) is 1. The zero-order valence-electron chi connectivity index (χ0n) is 11.5. The summed E-state index contributed by atoms with van der Waals surface area (Å²) >= 11 is 0. The molecule has 0 aliphatic heterocycles. The highest BCUT2D eigenvalue weighted by Gasteiger charge is 2.08. The molecule has 0 bridgehead atoms. The molecule has 1 rings (SSSR count). The van der Waals surface area contributed by atoms with Crippen molar-refractivity contribution in [2.24, 2.45) is 0 Å². The van der Waals surface area contributed by atoms with Crippen LogP contribution in [0.4, 0.5) is 5.82 Å². The maximum absolute atomic E-state index is 4.54. The SMILES string of the molecule is CCCNCc1ccc(N(CC)C(C)C)nc1. The molecule has 0 spiro atoms. The van der Waals surface area contributed by atoms with Crippen molar-refractivity contribution in [1.29, 1.82) is 0 Å². The maximum atomic E-state index is 4.54. The average Bonchev–Trinajstić information content (AvgIpc) is 2.32. The molecule has 1 heterocycles. The molecule has 0 saturated heterocycles. The second-order valence-electron chi connectivity index (χ2n) is 4.58. The Bertz CT molecular complexity index is 306. The number of nitrogens with zero attached hydrogens (tertiary/aromatic N) is 2. The Morgan fingerprint density at radius 1 is 1.29 bits per heavy atom. The van der Waals surface area contributed by atoms with Crippen molar-refractivity contribution in [3.05, 3.63) is 23.9 Å². The van der Waals surface area contributed by atoms with Gasteiger partial charge in [0, 0.05) is 25.3 Å². The van der Waals surface area contributed by atoms with Gasteiger partial charge in [0.15, 0.2) is 0 Å². The van der Waals surface area contributed by atoms with Gasteiger partial charge < -0.3 is 10.2 Å². The van der Waals surface area contributed by atoms with E-state index in [1.165, 1.54) is 12.0 Å². The second-order valence-corrected chi connectivity index (χ2v) is 4.58. The van der Waals surface area contributed by atoms with Crippen LogP contribution < -0.4 is 10.2 Å². The minimum atomic E-state index is 0.497. The predicted molar refractivity (Wildman–Crippen MR) is 74.4 cm³/mol. The number of hydrogen-bond donors (Lipinski definition) is 1. The zero-order valence-corrected chi connectivity index (χ0v) is 11.5. The van der Waals surface area contributed by atoms with Crippen molar-refractivity contribution in [3.8, 4) is 0 Å². The van der Waals surface area contributed by atoms with E-state index in [1.54, 1.807) is 0 Å². The summed E-state index contributed by atoms with van der Waals surface area (Å²) in [5.74, 6) is 1.07. The quantitative estimate of drug-likeness (QED) is 0.737. The van der Waals surface area contributed by atoms with Gasteiger partial charge in [-0.1, -0.05) is 13.0 Å². The van der Waals surface area contributed by atoms with Crippen LogP contribution in [0, 0.1) is 0 Å². The molecule has 0 atom stereocenters. The molecule has 0 aliphatic rings. The van der Waals surface area contributed by atoms with E-state index in [1.807, 2.05) is 6.20 Å². The van der Waals surface area contributed by atoms with E-state index in [4.69, 9.17) is 0 Å².